The number of methoxy groups -OCH3 is 2. The second-order valence-corrected chi connectivity index (χ2v) is 6.37. The van der Waals surface area contributed by atoms with E-state index in [4.69, 9.17) is 21.1 Å². The lowest BCUT2D eigenvalue weighted by molar-refractivity contribution is -0.111. The highest BCUT2D eigenvalue weighted by molar-refractivity contribution is 6.34. The zero-order chi connectivity index (χ0) is 19.9. The van der Waals surface area contributed by atoms with E-state index < -0.39 is 0 Å². The van der Waals surface area contributed by atoms with Gasteiger partial charge in [0, 0.05) is 16.7 Å². The number of carbonyl (C=O) groups excluding carboxylic acids is 1. The molecular formula is C23H20ClNO3. The fourth-order valence-corrected chi connectivity index (χ4v) is 2.94. The molecule has 0 aliphatic heterocycles. The number of nitrogens with one attached hydrogen (secondary N) is 1. The van der Waals surface area contributed by atoms with Gasteiger partial charge in [-0.3, -0.25) is 4.79 Å². The molecule has 3 rings (SSSR count). The molecule has 0 aliphatic rings. The minimum atomic E-state index is -0.280. The Hall–Kier alpha value is -3.24. The van der Waals surface area contributed by atoms with Crippen LogP contribution in [-0.4, -0.2) is 20.1 Å². The Morgan fingerprint density at radius 1 is 0.929 bits per heavy atom. The normalized spacial score (nSPS) is 11.0. The summed E-state index contributed by atoms with van der Waals surface area (Å²) in [6, 6.07) is 22.0. The summed E-state index contributed by atoms with van der Waals surface area (Å²) in [5.41, 5.74) is 2.55. The Labute approximate surface area is 169 Å². The van der Waals surface area contributed by atoms with Crippen molar-refractivity contribution in [2.24, 2.45) is 0 Å². The molecular weight excluding hydrogens is 374 g/mol. The molecule has 3 aromatic carbocycles. The molecule has 0 spiro atoms. The maximum Gasteiger partial charge on any atom is 0.256 e. The number of carbonyl (C=O) groups is 1. The third-order valence-electron chi connectivity index (χ3n) is 4.19. The first-order valence-electron chi connectivity index (χ1n) is 8.67. The van der Waals surface area contributed by atoms with Crippen molar-refractivity contribution in [2.45, 2.75) is 0 Å². The van der Waals surface area contributed by atoms with E-state index in [-0.39, 0.29) is 5.91 Å². The number of hydrogen-bond donors (Lipinski definition) is 1. The Kier molecular flexibility index (Phi) is 6.35. The van der Waals surface area contributed by atoms with Crippen LogP contribution in [0.25, 0.3) is 11.6 Å². The van der Waals surface area contributed by atoms with Crippen LogP contribution in [0.5, 0.6) is 11.5 Å². The molecule has 1 N–H and O–H groups in total. The number of ether oxygens (including phenoxy) is 2. The lowest BCUT2D eigenvalue weighted by atomic mass is 10.0. The molecule has 0 radical (unpaired) electrons. The average Bonchev–Trinajstić information content (AvgIpc) is 2.73. The van der Waals surface area contributed by atoms with Crippen LogP contribution in [0.1, 0.15) is 11.1 Å². The predicted molar refractivity (Wildman–Crippen MR) is 114 cm³/mol. The van der Waals surface area contributed by atoms with Gasteiger partial charge in [-0.05, 0) is 35.4 Å². The van der Waals surface area contributed by atoms with Crippen molar-refractivity contribution in [1.82, 2.24) is 0 Å². The van der Waals surface area contributed by atoms with Gasteiger partial charge in [0.25, 0.3) is 5.91 Å². The number of rotatable bonds is 6. The molecule has 28 heavy (non-hydrogen) atoms. The van der Waals surface area contributed by atoms with Gasteiger partial charge in [-0.1, -0.05) is 60.1 Å². The summed E-state index contributed by atoms with van der Waals surface area (Å²) in [4.78, 5) is 13.2. The van der Waals surface area contributed by atoms with E-state index in [1.54, 1.807) is 44.6 Å². The van der Waals surface area contributed by atoms with Gasteiger partial charge in [-0.25, -0.2) is 0 Å². The maximum absolute atomic E-state index is 13.2. The molecule has 0 heterocycles. The van der Waals surface area contributed by atoms with Crippen LogP contribution in [0.15, 0.2) is 72.8 Å². The minimum Gasteiger partial charge on any atom is -0.497 e. The fraction of sp³-hybridized carbons (Fsp3) is 0.0870. The molecule has 0 unspecified atom stereocenters. The molecule has 0 atom stereocenters. The molecule has 3 aromatic rings. The van der Waals surface area contributed by atoms with Crippen LogP contribution in [0.2, 0.25) is 5.02 Å². The van der Waals surface area contributed by atoms with Crippen molar-refractivity contribution in [3.8, 4) is 11.5 Å². The van der Waals surface area contributed by atoms with Gasteiger partial charge in [0.2, 0.25) is 0 Å². The summed E-state index contributed by atoms with van der Waals surface area (Å²) in [5.74, 6) is 0.879. The van der Waals surface area contributed by atoms with Gasteiger partial charge in [0.05, 0.1) is 19.9 Å². The second kappa shape index (κ2) is 9.11. The van der Waals surface area contributed by atoms with Crippen molar-refractivity contribution in [3.05, 3.63) is 88.9 Å². The molecule has 0 fully saturated rings. The van der Waals surface area contributed by atoms with Crippen molar-refractivity contribution in [1.29, 1.82) is 0 Å². The first-order valence-corrected chi connectivity index (χ1v) is 9.05. The Balaban J connectivity index is 2.02. The minimum absolute atomic E-state index is 0.280. The molecule has 0 aliphatic carbocycles. The predicted octanol–water partition coefficient (Wildman–Crippen LogP) is 5.54. The van der Waals surface area contributed by atoms with E-state index >= 15 is 0 Å². The van der Waals surface area contributed by atoms with Gasteiger partial charge in [0.1, 0.15) is 11.5 Å². The van der Waals surface area contributed by atoms with E-state index in [1.807, 2.05) is 48.5 Å². The third-order valence-corrected chi connectivity index (χ3v) is 4.53. The summed E-state index contributed by atoms with van der Waals surface area (Å²) >= 11 is 6.30. The number of hydrogen-bond acceptors (Lipinski definition) is 3. The van der Waals surface area contributed by atoms with Crippen molar-refractivity contribution in [2.75, 3.05) is 19.5 Å². The molecule has 142 valence electrons. The highest BCUT2D eigenvalue weighted by Gasteiger charge is 2.16. The highest BCUT2D eigenvalue weighted by Crippen LogP contribution is 2.31. The lowest BCUT2D eigenvalue weighted by Gasteiger charge is -2.14. The molecule has 0 saturated heterocycles. The largest absolute Gasteiger partial charge is 0.497 e. The summed E-state index contributed by atoms with van der Waals surface area (Å²) in [5, 5.41) is 3.49. The van der Waals surface area contributed by atoms with Crippen molar-refractivity contribution >= 4 is 34.8 Å². The summed E-state index contributed by atoms with van der Waals surface area (Å²) in [6.45, 7) is 0. The van der Waals surface area contributed by atoms with Crippen LogP contribution in [0, 0.1) is 0 Å². The Morgan fingerprint density at radius 2 is 1.64 bits per heavy atom. The van der Waals surface area contributed by atoms with E-state index in [9.17, 15) is 4.79 Å². The van der Waals surface area contributed by atoms with E-state index in [0.717, 1.165) is 11.1 Å². The molecule has 4 nitrogen and oxygen atoms in total. The molecule has 0 bridgehead atoms. The van der Waals surface area contributed by atoms with Gasteiger partial charge >= 0.3 is 0 Å². The third kappa shape index (κ3) is 4.53. The average molecular weight is 394 g/mol. The smallest absolute Gasteiger partial charge is 0.256 e. The zero-order valence-corrected chi connectivity index (χ0v) is 16.4. The first kappa shape index (κ1) is 19.5. The lowest BCUT2D eigenvalue weighted by Crippen LogP contribution is -2.14. The second-order valence-electron chi connectivity index (χ2n) is 5.97. The van der Waals surface area contributed by atoms with Crippen LogP contribution < -0.4 is 14.8 Å². The summed E-state index contributed by atoms with van der Waals surface area (Å²) in [6.07, 6.45) is 1.78. The number of benzene rings is 3. The Morgan fingerprint density at radius 3 is 2.32 bits per heavy atom. The maximum atomic E-state index is 13.2. The van der Waals surface area contributed by atoms with Crippen LogP contribution in [-0.2, 0) is 4.79 Å². The van der Waals surface area contributed by atoms with Crippen LogP contribution in [0.4, 0.5) is 5.69 Å². The molecule has 5 heteroatoms. The standard InChI is InChI=1S/C23H20ClNO3/c1-27-18-12-13-22(28-2)21(15-18)25-23(26)19(16-8-4-3-5-9-16)14-17-10-6-7-11-20(17)24/h3-15H,1-2H3,(H,25,26)/b19-14+. The first-order chi connectivity index (χ1) is 13.6. The number of amides is 1. The summed E-state index contributed by atoms with van der Waals surface area (Å²) in [7, 11) is 3.12. The van der Waals surface area contributed by atoms with Crippen LogP contribution in [0.3, 0.4) is 0 Å². The molecule has 1 amide bonds. The number of halogens is 1. The van der Waals surface area contributed by atoms with E-state index in [0.29, 0.717) is 27.8 Å². The SMILES string of the molecule is COc1ccc(OC)c(NC(=O)/C(=C/c2ccccc2Cl)c2ccccc2)c1. The van der Waals surface area contributed by atoms with Crippen LogP contribution >= 0.6 is 11.6 Å². The topological polar surface area (TPSA) is 47.6 Å². The molecule has 0 saturated carbocycles. The van der Waals surface area contributed by atoms with Crippen molar-refractivity contribution < 1.29 is 14.3 Å². The van der Waals surface area contributed by atoms with E-state index in [1.165, 1.54) is 0 Å². The zero-order valence-electron chi connectivity index (χ0n) is 15.6. The van der Waals surface area contributed by atoms with Gasteiger partial charge in [-0.2, -0.15) is 0 Å². The van der Waals surface area contributed by atoms with E-state index in [2.05, 4.69) is 5.32 Å². The highest BCUT2D eigenvalue weighted by atomic mass is 35.5. The monoisotopic (exact) mass is 393 g/mol. The fourth-order valence-electron chi connectivity index (χ4n) is 2.75. The van der Waals surface area contributed by atoms with Gasteiger partial charge in [0.15, 0.2) is 0 Å². The molecule has 0 aromatic heterocycles. The van der Waals surface area contributed by atoms with Gasteiger partial charge in [-0.15, -0.1) is 0 Å². The summed E-state index contributed by atoms with van der Waals surface area (Å²) < 4.78 is 10.6. The number of anilines is 1. The van der Waals surface area contributed by atoms with Gasteiger partial charge < -0.3 is 14.8 Å². The quantitative estimate of drug-likeness (QED) is 0.442. The Bertz CT molecular complexity index is 1000. The van der Waals surface area contributed by atoms with Crippen molar-refractivity contribution in [3.63, 3.8) is 0 Å².